The highest BCUT2D eigenvalue weighted by Crippen LogP contribution is 2.61. The summed E-state index contributed by atoms with van der Waals surface area (Å²) in [5, 5.41) is 0. The number of phosphoric ester groups is 1. The number of ether oxygens (including phenoxy) is 2. The Morgan fingerprint density at radius 3 is 2.86 bits per heavy atom. The van der Waals surface area contributed by atoms with E-state index in [0.717, 1.165) is 19.3 Å². The molecule has 1 aliphatic carbocycles. The Labute approximate surface area is 166 Å². The highest BCUT2D eigenvalue weighted by molar-refractivity contribution is 7.48. The second-order valence-electron chi connectivity index (χ2n) is 7.71. The summed E-state index contributed by atoms with van der Waals surface area (Å²) in [5.41, 5.74) is -1.27. The molecule has 10 nitrogen and oxygen atoms in total. The van der Waals surface area contributed by atoms with Gasteiger partial charge in [-0.3, -0.25) is 18.1 Å². The molecule has 12 heteroatoms. The van der Waals surface area contributed by atoms with Crippen molar-refractivity contribution in [3.63, 3.8) is 0 Å². The second kappa shape index (κ2) is 6.68. The summed E-state index contributed by atoms with van der Waals surface area (Å²) in [6, 6.07) is 0. The van der Waals surface area contributed by atoms with E-state index in [2.05, 4.69) is 15.0 Å². The number of hydrogen-bond acceptors (Lipinski definition) is 9. The number of aryl methyl sites for hydroxylation is 1. The Balaban J connectivity index is 1.47. The molecule has 2 aromatic heterocycles. The molecule has 1 saturated carbocycles. The summed E-state index contributed by atoms with van der Waals surface area (Å²) in [6.07, 6.45) is 0.857. The lowest BCUT2D eigenvalue weighted by Gasteiger charge is -2.36. The van der Waals surface area contributed by atoms with Crippen LogP contribution in [0, 0.1) is 6.92 Å². The van der Waals surface area contributed by atoms with Crippen LogP contribution in [-0.4, -0.2) is 57.2 Å². The molecule has 0 aromatic carbocycles. The summed E-state index contributed by atoms with van der Waals surface area (Å²) in [7, 11) is -2.37. The lowest BCUT2D eigenvalue weighted by Crippen LogP contribution is -2.45. The standard InChI is InChI=1S/C17H22FN4O6P/c1-9-20-14-12(15(21-9)24-3)19-8-22(14)16-17(2,18)13-11(26-16)7-25-29(23,28-13)27-10-5-4-6-10/h8,10-11,13,16H,4-7H2,1-3H3/t11-,13-,16-,17-,29-/m1/s1. The Kier molecular flexibility index (Phi) is 4.45. The predicted molar refractivity (Wildman–Crippen MR) is 97.2 cm³/mol. The van der Waals surface area contributed by atoms with Crippen LogP contribution in [0.15, 0.2) is 6.33 Å². The third kappa shape index (κ3) is 3.07. The van der Waals surface area contributed by atoms with Gasteiger partial charge in [0.05, 0.1) is 26.1 Å². The number of alkyl halides is 1. The van der Waals surface area contributed by atoms with Crippen molar-refractivity contribution in [1.82, 2.24) is 19.5 Å². The van der Waals surface area contributed by atoms with Crippen molar-refractivity contribution in [2.24, 2.45) is 0 Å². The molecule has 0 bridgehead atoms. The van der Waals surface area contributed by atoms with Gasteiger partial charge in [0.25, 0.3) is 0 Å². The van der Waals surface area contributed by atoms with Gasteiger partial charge in [-0.15, -0.1) is 0 Å². The van der Waals surface area contributed by atoms with Crippen LogP contribution in [0.3, 0.4) is 0 Å². The number of fused-ring (bicyclic) bond motifs is 2. The normalized spacial score (nSPS) is 37.4. The van der Waals surface area contributed by atoms with E-state index in [0.29, 0.717) is 22.9 Å². The van der Waals surface area contributed by atoms with Gasteiger partial charge < -0.3 is 9.47 Å². The van der Waals surface area contributed by atoms with Crippen LogP contribution in [0.2, 0.25) is 0 Å². The van der Waals surface area contributed by atoms with Gasteiger partial charge in [0.15, 0.2) is 23.1 Å². The number of rotatable bonds is 4. The van der Waals surface area contributed by atoms with E-state index in [1.165, 1.54) is 24.9 Å². The lowest BCUT2D eigenvalue weighted by molar-refractivity contribution is -0.0788. The monoisotopic (exact) mass is 428 g/mol. The van der Waals surface area contributed by atoms with Crippen molar-refractivity contribution in [2.75, 3.05) is 13.7 Å². The molecule has 158 valence electrons. The van der Waals surface area contributed by atoms with E-state index in [-0.39, 0.29) is 12.7 Å². The first-order chi connectivity index (χ1) is 13.8. The fraction of sp³-hybridized carbons (Fsp3) is 0.706. The molecule has 2 aromatic rings. The number of imidazole rings is 1. The van der Waals surface area contributed by atoms with Crippen molar-refractivity contribution in [3.8, 4) is 5.88 Å². The summed E-state index contributed by atoms with van der Waals surface area (Å²) in [6.45, 7) is 2.96. The lowest BCUT2D eigenvalue weighted by atomic mass is 9.97. The molecule has 29 heavy (non-hydrogen) atoms. The molecular weight excluding hydrogens is 406 g/mol. The first-order valence-corrected chi connectivity index (χ1v) is 11.0. The maximum absolute atomic E-state index is 16.0. The predicted octanol–water partition coefficient (Wildman–Crippen LogP) is 2.86. The van der Waals surface area contributed by atoms with Crippen LogP contribution in [0.1, 0.15) is 38.2 Å². The number of hydrogen-bond donors (Lipinski definition) is 0. The van der Waals surface area contributed by atoms with E-state index in [1.54, 1.807) is 6.92 Å². The third-order valence-corrected chi connectivity index (χ3v) is 7.10. The van der Waals surface area contributed by atoms with Gasteiger partial charge in [-0.2, -0.15) is 4.98 Å². The molecule has 0 unspecified atom stereocenters. The third-order valence-electron chi connectivity index (χ3n) is 5.60. The first-order valence-electron chi connectivity index (χ1n) is 9.51. The minimum Gasteiger partial charge on any atom is -0.479 e. The van der Waals surface area contributed by atoms with Gasteiger partial charge in [-0.25, -0.2) is 18.9 Å². The average Bonchev–Trinajstić information content (AvgIpc) is 3.16. The first kappa shape index (κ1) is 19.3. The van der Waals surface area contributed by atoms with Gasteiger partial charge in [-0.1, -0.05) is 0 Å². The molecule has 3 aliphatic rings. The zero-order chi connectivity index (χ0) is 20.4. The van der Waals surface area contributed by atoms with Crippen LogP contribution >= 0.6 is 7.82 Å². The summed E-state index contributed by atoms with van der Waals surface area (Å²) in [4.78, 5) is 12.8. The fourth-order valence-electron chi connectivity index (χ4n) is 3.87. The maximum atomic E-state index is 16.0. The Morgan fingerprint density at radius 1 is 1.38 bits per heavy atom. The van der Waals surface area contributed by atoms with E-state index < -0.39 is 31.9 Å². The Bertz CT molecular complexity index is 996. The number of halogens is 1. The topological polar surface area (TPSA) is 107 Å². The smallest absolute Gasteiger partial charge is 0.475 e. The van der Waals surface area contributed by atoms with E-state index in [9.17, 15) is 4.57 Å². The molecule has 0 amide bonds. The second-order valence-corrected chi connectivity index (χ2v) is 9.28. The molecular formula is C17H22FN4O6P. The van der Waals surface area contributed by atoms with Crippen molar-refractivity contribution >= 4 is 19.0 Å². The molecule has 0 spiro atoms. The molecule has 4 heterocycles. The zero-order valence-corrected chi connectivity index (χ0v) is 17.2. The number of methoxy groups -OCH3 is 1. The fourth-order valence-corrected chi connectivity index (χ4v) is 5.56. The van der Waals surface area contributed by atoms with Crippen LogP contribution < -0.4 is 4.74 Å². The minimum absolute atomic E-state index is 0.0887. The Hall–Kier alpha value is -1.65. The van der Waals surface area contributed by atoms with Crippen molar-refractivity contribution < 1.29 is 32.0 Å². The van der Waals surface area contributed by atoms with Crippen molar-refractivity contribution in [2.45, 2.75) is 63.3 Å². The number of nitrogens with zero attached hydrogens (tertiary/aromatic N) is 4. The van der Waals surface area contributed by atoms with Gasteiger partial charge in [0.2, 0.25) is 5.88 Å². The quantitative estimate of drug-likeness (QED) is 0.680. The van der Waals surface area contributed by atoms with Crippen LogP contribution in [0.4, 0.5) is 4.39 Å². The summed E-state index contributed by atoms with van der Waals surface area (Å²) in [5.74, 6) is 0.741. The molecule has 5 rings (SSSR count). The van der Waals surface area contributed by atoms with Crippen molar-refractivity contribution in [1.29, 1.82) is 0 Å². The largest absolute Gasteiger partial charge is 0.479 e. The highest BCUT2D eigenvalue weighted by Gasteiger charge is 2.62. The van der Waals surface area contributed by atoms with E-state index in [4.69, 9.17) is 23.0 Å². The van der Waals surface area contributed by atoms with Crippen LogP contribution in [-0.2, 0) is 22.9 Å². The molecule has 2 aliphatic heterocycles. The van der Waals surface area contributed by atoms with Gasteiger partial charge in [0.1, 0.15) is 18.0 Å². The number of aromatic nitrogens is 4. The molecule has 2 saturated heterocycles. The van der Waals surface area contributed by atoms with Crippen LogP contribution in [0.25, 0.3) is 11.2 Å². The SMILES string of the molecule is COc1nc(C)nc2c1ncn2[C@@H]1O[C@@H]2CO[P@](=O)(OC3CCC3)O[C@H]2[C@@]1(C)F. The molecule has 0 N–H and O–H groups in total. The maximum Gasteiger partial charge on any atom is 0.475 e. The van der Waals surface area contributed by atoms with Gasteiger partial charge >= 0.3 is 7.82 Å². The van der Waals surface area contributed by atoms with E-state index >= 15 is 4.39 Å². The van der Waals surface area contributed by atoms with Gasteiger partial charge in [0, 0.05) is 0 Å². The average molecular weight is 428 g/mol. The number of phosphoric acid groups is 1. The van der Waals surface area contributed by atoms with Crippen LogP contribution in [0.5, 0.6) is 5.88 Å². The molecule has 5 atom stereocenters. The van der Waals surface area contributed by atoms with E-state index in [1.807, 2.05) is 0 Å². The minimum atomic E-state index is -3.85. The Morgan fingerprint density at radius 2 is 2.17 bits per heavy atom. The van der Waals surface area contributed by atoms with Gasteiger partial charge in [-0.05, 0) is 33.1 Å². The highest BCUT2D eigenvalue weighted by atomic mass is 31.2. The van der Waals surface area contributed by atoms with Crippen molar-refractivity contribution in [3.05, 3.63) is 12.2 Å². The zero-order valence-electron chi connectivity index (χ0n) is 16.3. The summed E-state index contributed by atoms with van der Waals surface area (Å²) < 4.78 is 57.8. The summed E-state index contributed by atoms with van der Waals surface area (Å²) >= 11 is 0. The molecule has 3 fully saturated rings. The molecule has 0 radical (unpaired) electrons.